The maximum atomic E-state index is 11.1. The Morgan fingerprint density at radius 1 is 1.19 bits per heavy atom. The van der Waals surface area contributed by atoms with Gasteiger partial charge in [0, 0.05) is 48.9 Å². The van der Waals surface area contributed by atoms with Gasteiger partial charge in [-0.25, -0.2) is 0 Å². The Hall–Kier alpha value is -1.30. The Balaban J connectivity index is 1.77. The van der Waals surface area contributed by atoms with Gasteiger partial charge in [-0.3, -0.25) is 0 Å². The molecule has 1 heterocycles. The Bertz CT molecular complexity index is 796. The molecule has 5 atom stereocenters. The number of aliphatic hydroxyl groups is 1. The maximum absolute atomic E-state index is 11.1. The average Bonchev–Trinajstić information content (AvgIpc) is 2.71. The van der Waals surface area contributed by atoms with Gasteiger partial charge in [-0.2, -0.15) is 0 Å². The molecule has 5 heteroatoms. The fraction of sp³-hybridized carbons (Fsp3) is 0.714. The predicted molar refractivity (Wildman–Crippen MR) is 97.4 cm³/mol. The van der Waals surface area contributed by atoms with Crippen molar-refractivity contribution in [2.75, 3.05) is 27.8 Å². The van der Waals surface area contributed by atoms with Crippen LogP contribution in [0.25, 0.3) is 0 Å². The number of hydrogen-bond acceptors (Lipinski definition) is 5. The maximum Gasteiger partial charge on any atom is 0.165 e. The van der Waals surface area contributed by atoms with Crippen LogP contribution in [0.2, 0.25) is 0 Å². The molecule has 0 radical (unpaired) electrons. The number of nitrogens with zero attached hydrogens (tertiary/aromatic N) is 1. The van der Waals surface area contributed by atoms with Crippen molar-refractivity contribution in [3.63, 3.8) is 0 Å². The minimum atomic E-state index is -1.08. The molecule has 142 valence electrons. The number of phenols is 1. The van der Waals surface area contributed by atoms with Gasteiger partial charge in [0.05, 0.1) is 7.11 Å². The Kier molecular flexibility index (Phi) is 3.08. The van der Waals surface area contributed by atoms with Crippen molar-refractivity contribution >= 4 is 0 Å². The first-order chi connectivity index (χ1) is 12.2. The van der Waals surface area contributed by atoms with Crippen molar-refractivity contribution in [1.82, 2.24) is 4.90 Å². The number of methoxy groups -OCH3 is 2. The highest BCUT2D eigenvalue weighted by Gasteiger charge is 2.77. The quantitative estimate of drug-likeness (QED) is 0.794. The summed E-state index contributed by atoms with van der Waals surface area (Å²) in [7, 11) is 5.41. The van der Waals surface area contributed by atoms with Crippen molar-refractivity contribution in [2.45, 2.75) is 56.3 Å². The lowest BCUT2D eigenvalue weighted by atomic mass is 9.52. The molecule has 1 saturated heterocycles. The van der Waals surface area contributed by atoms with Crippen molar-refractivity contribution in [1.29, 1.82) is 0 Å². The third kappa shape index (κ3) is 1.64. The van der Waals surface area contributed by atoms with Crippen molar-refractivity contribution in [2.24, 2.45) is 10.8 Å². The third-order valence-corrected chi connectivity index (χ3v) is 8.37. The van der Waals surface area contributed by atoms with Gasteiger partial charge >= 0.3 is 0 Å². The van der Waals surface area contributed by atoms with Crippen LogP contribution in [0.5, 0.6) is 11.5 Å². The summed E-state index contributed by atoms with van der Waals surface area (Å²) in [5.74, 6) is -0.224. The third-order valence-electron chi connectivity index (χ3n) is 8.37. The molecule has 1 aromatic rings. The van der Waals surface area contributed by atoms with E-state index in [4.69, 9.17) is 9.47 Å². The van der Waals surface area contributed by atoms with Crippen molar-refractivity contribution < 1.29 is 19.7 Å². The number of hydrogen-bond donors (Lipinski definition) is 2. The van der Waals surface area contributed by atoms with E-state index in [9.17, 15) is 10.2 Å². The first-order valence-electron chi connectivity index (χ1n) is 9.61. The Morgan fingerprint density at radius 2 is 1.96 bits per heavy atom. The van der Waals surface area contributed by atoms with E-state index in [-0.39, 0.29) is 16.2 Å². The molecule has 2 bridgehead atoms. The van der Waals surface area contributed by atoms with E-state index in [1.54, 1.807) is 14.2 Å². The van der Waals surface area contributed by atoms with Crippen molar-refractivity contribution in [3.8, 4) is 11.5 Å². The molecule has 0 aromatic heterocycles. The minimum absolute atomic E-state index is 0.139. The summed E-state index contributed by atoms with van der Waals surface area (Å²) < 4.78 is 11.0. The zero-order valence-corrected chi connectivity index (χ0v) is 16.1. The summed E-state index contributed by atoms with van der Waals surface area (Å²) in [4.78, 5) is 2.45. The van der Waals surface area contributed by atoms with Crippen LogP contribution in [-0.2, 0) is 16.6 Å². The molecular formula is C21H29NO4. The largest absolute Gasteiger partial charge is 0.504 e. The molecule has 5 nitrogen and oxygen atoms in total. The van der Waals surface area contributed by atoms with E-state index in [1.807, 2.05) is 6.07 Å². The van der Waals surface area contributed by atoms with Gasteiger partial charge in [0.1, 0.15) is 0 Å². The lowest BCUT2D eigenvalue weighted by molar-refractivity contribution is -0.244. The molecule has 3 aliphatic carbocycles. The molecule has 2 N–H and O–H groups in total. The monoisotopic (exact) mass is 359 g/mol. The second-order valence-corrected chi connectivity index (χ2v) is 9.51. The van der Waals surface area contributed by atoms with Crippen LogP contribution in [0.1, 0.15) is 43.7 Å². The van der Waals surface area contributed by atoms with Crippen LogP contribution in [0.3, 0.4) is 0 Å². The van der Waals surface area contributed by atoms with E-state index in [2.05, 4.69) is 24.9 Å². The van der Waals surface area contributed by atoms with Gasteiger partial charge in [-0.15, -0.1) is 0 Å². The van der Waals surface area contributed by atoms with Crippen LogP contribution < -0.4 is 4.74 Å². The number of rotatable bonds is 2. The highest BCUT2D eigenvalue weighted by Crippen LogP contribution is 2.76. The van der Waals surface area contributed by atoms with Crippen LogP contribution in [0.4, 0.5) is 0 Å². The van der Waals surface area contributed by atoms with Gasteiger partial charge in [-0.05, 0) is 43.4 Å². The number of aromatic hydroxyl groups is 1. The average molecular weight is 359 g/mol. The minimum Gasteiger partial charge on any atom is -0.504 e. The number of fused-ring (bicyclic) bond motifs is 2. The molecule has 3 fully saturated rings. The summed E-state index contributed by atoms with van der Waals surface area (Å²) in [5, 5.41) is 22.1. The molecule has 2 saturated carbocycles. The van der Waals surface area contributed by atoms with Gasteiger partial charge in [0.15, 0.2) is 17.3 Å². The lowest BCUT2D eigenvalue weighted by Gasteiger charge is -2.59. The summed E-state index contributed by atoms with van der Waals surface area (Å²) in [5.41, 5.74) is 2.29. The molecule has 5 unspecified atom stereocenters. The number of benzene rings is 1. The van der Waals surface area contributed by atoms with Crippen LogP contribution >= 0.6 is 0 Å². The molecule has 26 heavy (non-hydrogen) atoms. The first kappa shape index (κ1) is 16.8. The van der Waals surface area contributed by atoms with Gasteiger partial charge < -0.3 is 24.6 Å². The number of likely N-dealkylation sites (tertiary alicyclic amines) is 1. The van der Waals surface area contributed by atoms with E-state index >= 15 is 0 Å². The van der Waals surface area contributed by atoms with E-state index in [0.29, 0.717) is 30.4 Å². The zero-order chi connectivity index (χ0) is 18.5. The molecule has 4 aliphatic rings. The molecule has 2 spiro atoms. The second-order valence-electron chi connectivity index (χ2n) is 9.51. The van der Waals surface area contributed by atoms with Gasteiger partial charge in [0.2, 0.25) is 0 Å². The number of phenolic OH excluding ortho intramolecular Hbond substituents is 1. The fourth-order valence-corrected chi connectivity index (χ4v) is 7.85. The molecule has 1 aromatic carbocycles. The fourth-order valence-electron chi connectivity index (χ4n) is 7.85. The molecule has 0 amide bonds. The summed E-state index contributed by atoms with van der Waals surface area (Å²) in [6, 6.07) is 4.44. The molecular weight excluding hydrogens is 330 g/mol. The van der Waals surface area contributed by atoms with Gasteiger partial charge in [0.25, 0.3) is 0 Å². The normalized spacial score (nSPS) is 46.1. The van der Waals surface area contributed by atoms with Gasteiger partial charge in [-0.1, -0.05) is 13.0 Å². The smallest absolute Gasteiger partial charge is 0.165 e. The van der Waals surface area contributed by atoms with Crippen LogP contribution in [0.15, 0.2) is 12.1 Å². The zero-order valence-electron chi connectivity index (χ0n) is 16.1. The predicted octanol–water partition coefficient (Wildman–Crippen LogP) is 2.42. The highest BCUT2D eigenvalue weighted by atomic mass is 16.6. The topological polar surface area (TPSA) is 62.2 Å². The SMILES string of the molecule is COc1ccc2c(c1O)C13CCC(O)(OC)CC1(C)C1N(C)CC1(C2)C3. The van der Waals surface area contributed by atoms with E-state index in [0.717, 1.165) is 31.4 Å². The summed E-state index contributed by atoms with van der Waals surface area (Å²) in [6.07, 6.45) is 4.11. The Labute approximate surface area is 154 Å². The second kappa shape index (κ2) is 4.75. The van der Waals surface area contributed by atoms with Crippen LogP contribution in [0, 0.1) is 10.8 Å². The summed E-state index contributed by atoms with van der Waals surface area (Å²) in [6.45, 7) is 3.40. The van der Waals surface area contributed by atoms with E-state index in [1.165, 1.54) is 5.56 Å². The standard InChI is InChI=1S/C21H29NO4/c1-18-10-21(24,26-4)8-7-20(18)11-19(12-22(2)17(18)19)9-13-5-6-14(25-3)16(23)15(13)20/h5-6,17,23-24H,7-12H2,1-4H3. The molecule has 1 aliphatic heterocycles. The number of ether oxygens (including phenoxy) is 2. The van der Waals surface area contributed by atoms with Crippen molar-refractivity contribution in [3.05, 3.63) is 23.3 Å². The Morgan fingerprint density at radius 3 is 2.62 bits per heavy atom. The molecule has 5 rings (SSSR count). The first-order valence-corrected chi connectivity index (χ1v) is 9.61. The van der Waals surface area contributed by atoms with Crippen LogP contribution in [-0.4, -0.2) is 54.8 Å². The highest BCUT2D eigenvalue weighted by molar-refractivity contribution is 5.59. The summed E-state index contributed by atoms with van der Waals surface area (Å²) >= 11 is 0. The lowest BCUT2D eigenvalue weighted by Crippen LogP contribution is -2.67. The van der Waals surface area contributed by atoms with E-state index < -0.39 is 5.79 Å².